The van der Waals surface area contributed by atoms with E-state index in [0.29, 0.717) is 16.5 Å². The van der Waals surface area contributed by atoms with Crippen molar-refractivity contribution in [1.82, 2.24) is 4.98 Å². The molecule has 0 aliphatic rings. The van der Waals surface area contributed by atoms with Crippen LogP contribution in [0.15, 0.2) is 41.3 Å². The molecule has 16 heavy (non-hydrogen) atoms. The second-order valence-corrected chi connectivity index (χ2v) is 3.72. The summed E-state index contributed by atoms with van der Waals surface area (Å²) in [7, 11) is 1.57. The highest BCUT2D eigenvalue weighted by atomic mass is 35.5. The number of aromatic amines is 1. The van der Waals surface area contributed by atoms with E-state index in [0.717, 1.165) is 5.56 Å². The zero-order valence-electron chi connectivity index (χ0n) is 8.66. The second kappa shape index (κ2) is 4.41. The molecule has 0 aliphatic carbocycles. The van der Waals surface area contributed by atoms with Gasteiger partial charge in [0, 0.05) is 28.9 Å². The van der Waals surface area contributed by atoms with Gasteiger partial charge in [0.1, 0.15) is 5.75 Å². The van der Waals surface area contributed by atoms with Gasteiger partial charge >= 0.3 is 0 Å². The Morgan fingerprint density at radius 3 is 2.75 bits per heavy atom. The normalized spacial score (nSPS) is 10.1. The Labute approximate surface area is 97.7 Å². The van der Waals surface area contributed by atoms with E-state index in [1.54, 1.807) is 25.4 Å². The number of pyridine rings is 1. The Hall–Kier alpha value is -1.74. The largest absolute Gasteiger partial charge is 0.496 e. The number of hydrogen-bond donors (Lipinski definition) is 1. The highest BCUT2D eigenvalue weighted by Gasteiger charge is 2.06. The lowest BCUT2D eigenvalue weighted by Gasteiger charge is -2.08. The first-order chi connectivity index (χ1) is 7.70. The standard InChI is InChI=1S/C12H10ClNO2/c1-16-12-6-8(13)2-3-10(12)11-7-9(15)4-5-14-11/h2-7H,1H3,(H,14,15). The molecular formula is C12H10ClNO2. The molecule has 1 aromatic heterocycles. The van der Waals surface area contributed by atoms with Crippen LogP contribution in [0.2, 0.25) is 5.02 Å². The van der Waals surface area contributed by atoms with Gasteiger partial charge in [0.05, 0.1) is 12.8 Å². The molecule has 0 fully saturated rings. The molecule has 1 N–H and O–H groups in total. The smallest absolute Gasteiger partial charge is 0.182 e. The lowest BCUT2D eigenvalue weighted by atomic mass is 10.1. The minimum atomic E-state index is -0.0502. The third-order valence-electron chi connectivity index (χ3n) is 2.23. The summed E-state index contributed by atoms with van der Waals surface area (Å²) < 4.78 is 5.21. The van der Waals surface area contributed by atoms with Crippen LogP contribution in [-0.2, 0) is 0 Å². The summed E-state index contributed by atoms with van der Waals surface area (Å²) in [6, 6.07) is 8.26. The van der Waals surface area contributed by atoms with Crippen molar-refractivity contribution in [1.29, 1.82) is 0 Å². The van der Waals surface area contributed by atoms with Crippen molar-refractivity contribution in [3.8, 4) is 17.0 Å². The third kappa shape index (κ3) is 2.09. The van der Waals surface area contributed by atoms with E-state index in [2.05, 4.69) is 4.98 Å². The predicted octanol–water partition coefficient (Wildman–Crippen LogP) is 2.70. The van der Waals surface area contributed by atoms with E-state index < -0.39 is 0 Å². The Morgan fingerprint density at radius 2 is 2.06 bits per heavy atom. The molecule has 0 amide bonds. The molecule has 3 nitrogen and oxygen atoms in total. The summed E-state index contributed by atoms with van der Waals surface area (Å²) in [4.78, 5) is 14.2. The maximum absolute atomic E-state index is 11.2. The molecule has 0 spiro atoms. The van der Waals surface area contributed by atoms with E-state index in [4.69, 9.17) is 16.3 Å². The van der Waals surface area contributed by atoms with Gasteiger partial charge in [-0.3, -0.25) is 4.79 Å². The van der Waals surface area contributed by atoms with Gasteiger partial charge in [0.25, 0.3) is 0 Å². The van der Waals surface area contributed by atoms with Gasteiger partial charge in [-0.05, 0) is 18.2 Å². The van der Waals surface area contributed by atoms with Gasteiger partial charge in [-0.1, -0.05) is 11.6 Å². The Kier molecular flexibility index (Phi) is 2.97. The van der Waals surface area contributed by atoms with Gasteiger partial charge in [-0.2, -0.15) is 0 Å². The number of methoxy groups -OCH3 is 1. The van der Waals surface area contributed by atoms with Crippen molar-refractivity contribution in [2.75, 3.05) is 7.11 Å². The number of halogens is 1. The zero-order chi connectivity index (χ0) is 11.5. The average Bonchev–Trinajstić information content (AvgIpc) is 2.28. The Bertz CT molecular complexity index is 563. The molecule has 1 aromatic carbocycles. The summed E-state index contributed by atoms with van der Waals surface area (Å²) in [6.07, 6.45) is 1.60. The number of H-pyrrole nitrogens is 1. The molecule has 2 rings (SSSR count). The number of ether oxygens (including phenoxy) is 1. The van der Waals surface area contributed by atoms with Crippen LogP contribution in [-0.4, -0.2) is 12.1 Å². The number of nitrogens with one attached hydrogen (secondary N) is 1. The molecule has 0 unspecified atom stereocenters. The van der Waals surface area contributed by atoms with E-state index in [1.807, 2.05) is 6.07 Å². The molecule has 4 heteroatoms. The summed E-state index contributed by atoms with van der Waals surface area (Å²) in [6.45, 7) is 0. The van der Waals surface area contributed by atoms with Crippen LogP contribution >= 0.6 is 11.6 Å². The number of aromatic nitrogens is 1. The van der Waals surface area contributed by atoms with Gasteiger partial charge in [0.2, 0.25) is 0 Å². The molecule has 0 bridgehead atoms. The fourth-order valence-electron chi connectivity index (χ4n) is 1.49. The first-order valence-corrected chi connectivity index (χ1v) is 5.11. The minimum Gasteiger partial charge on any atom is -0.496 e. The van der Waals surface area contributed by atoms with Crippen molar-refractivity contribution in [2.45, 2.75) is 0 Å². The molecule has 0 aliphatic heterocycles. The molecule has 0 saturated heterocycles. The van der Waals surface area contributed by atoms with Crippen molar-refractivity contribution in [3.05, 3.63) is 51.8 Å². The zero-order valence-corrected chi connectivity index (χ0v) is 9.41. The van der Waals surface area contributed by atoms with Crippen LogP contribution in [0.25, 0.3) is 11.3 Å². The average molecular weight is 236 g/mol. The van der Waals surface area contributed by atoms with Crippen molar-refractivity contribution < 1.29 is 4.74 Å². The van der Waals surface area contributed by atoms with E-state index in [9.17, 15) is 4.79 Å². The Morgan fingerprint density at radius 1 is 1.25 bits per heavy atom. The SMILES string of the molecule is COc1cc(Cl)ccc1-c1cc(=O)cc[nH]1. The van der Waals surface area contributed by atoms with Crippen LogP contribution in [0.5, 0.6) is 5.75 Å². The molecule has 0 radical (unpaired) electrons. The van der Waals surface area contributed by atoms with Crippen LogP contribution in [0.4, 0.5) is 0 Å². The third-order valence-corrected chi connectivity index (χ3v) is 2.46. The van der Waals surface area contributed by atoms with Crippen LogP contribution in [0.3, 0.4) is 0 Å². The number of rotatable bonds is 2. The lowest BCUT2D eigenvalue weighted by Crippen LogP contribution is -1.99. The minimum absolute atomic E-state index is 0.0502. The van der Waals surface area contributed by atoms with Crippen molar-refractivity contribution in [3.63, 3.8) is 0 Å². The van der Waals surface area contributed by atoms with E-state index >= 15 is 0 Å². The number of benzene rings is 1. The molecular weight excluding hydrogens is 226 g/mol. The van der Waals surface area contributed by atoms with Crippen molar-refractivity contribution in [2.24, 2.45) is 0 Å². The fourth-order valence-corrected chi connectivity index (χ4v) is 1.65. The molecule has 82 valence electrons. The fraction of sp³-hybridized carbons (Fsp3) is 0.0833. The predicted molar refractivity (Wildman–Crippen MR) is 64.1 cm³/mol. The molecule has 2 aromatic rings. The molecule has 0 saturated carbocycles. The van der Waals surface area contributed by atoms with Gasteiger partial charge in [0.15, 0.2) is 5.43 Å². The monoisotopic (exact) mass is 235 g/mol. The van der Waals surface area contributed by atoms with Gasteiger partial charge in [-0.25, -0.2) is 0 Å². The summed E-state index contributed by atoms with van der Waals surface area (Å²) in [5, 5.41) is 0.596. The molecule has 1 heterocycles. The Balaban J connectivity index is 2.59. The number of hydrogen-bond acceptors (Lipinski definition) is 2. The van der Waals surface area contributed by atoms with Gasteiger partial charge in [-0.15, -0.1) is 0 Å². The maximum atomic E-state index is 11.2. The van der Waals surface area contributed by atoms with Gasteiger partial charge < -0.3 is 9.72 Å². The van der Waals surface area contributed by atoms with Crippen LogP contribution in [0, 0.1) is 0 Å². The first kappa shape index (κ1) is 10.8. The highest BCUT2D eigenvalue weighted by Crippen LogP contribution is 2.30. The van der Waals surface area contributed by atoms with E-state index in [-0.39, 0.29) is 5.43 Å². The second-order valence-electron chi connectivity index (χ2n) is 3.28. The lowest BCUT2D eigenvalue weighted by molar-refractivity contribution is 0.416. The van der Waals surface area contributed by atoms with Crippen molar-refractivity contribution >= 4 is 11.6 Å². The van der Waals surface area contributed by atoms with Crippen LogP contribution < -0.4 is 10.2 Å². The topological polar surface area (TPSA) is 42.1 Å². The maximum Gasteiger partial charge on any atom is 0.182 e. The quantitative estimate of drug-likeness (QED) is 0.870. The molecule has 0 atom stereocenters. The van der Waals surface area contributed by atoms with E-state index in [1.165, 1.54) is 12.1 Å². The first-order valence-electron chi connectivity index (χ1n) is 4.73. The highest BCUT2D eigenvalue weighted by molar-refractivity contribution is 6.30. The summed E-state index contributed by atoms with van der Waals surface area (Å²) >= 11 is 5.86. The van der Waals surface area contributed by atoms with Crippen LogP contribution in [0.1, 0.15) is 0 Å². The summed E-state index contributed by atoms with van der Waals surface area (Å²) in [5.41, 5.74) is 1.47. The summed E-state index contributed by atoms with van der Waals surface area (Å²) in [5.74, 6) is 0.634.